The maximum Gasteiger partial charge on any atom is 0.389 e. The van der Waals surface area contributed by atoms with E-state index in [9.17, 15) is 21.6 Å². The van der Waals surface area contributed by atoms with Gasteiger partial charge < -0.3 is 15.3 Å². The maximum atomic E-state index is 13.5. The molecule has 0 saturated heterocycles. The standard InChI is InChI=1S/C26H28F3N5O2S/c1-16(30)24(33(2)31)18-14-21-23(32-15-18)19-10-7-11-22(37(3,35)36)25(19)34(21)20(12-13-26(27,28)29)17-8-5-4-6-9-17/h4-11,14-15,20H,12-13,30-31H2,1-3H3/b24-16-. The quantitative estimate of drug-likeness (QED) is 0.257. The molecule has 1 atom stereocenters. The molecule has 2 aromatic carbocycles. The first kappa shape index (κ1) is 26.5. The molecule has 0 aliphatic heterocycles. The third-order valence-corrected chi connectivity index (χ3v) is 7.35. The Morgan fingerprint density at radius 1 is 1.14 bits per heavy atom. The molecule has 0 bridgehead atoms. The number of hydrogen-bond acceptors (Lipinski definition) is 6. The van der Waals surface area contributed by atoms with Crippen molar-refractivity contribution in [2.75, 3.05) is 13.3 Å². The van der Waals surface area contributed by atoms with Gasteiger partial charge in [0.2, 0.25) is 0 Å². The maximum absolute atomic E-state index is 13.5. The van der Waals surface area contributed by atoms with E-state index in [1.54, 1.807) is 73.3 Å². The van der Waals surface area contributed by atoms with E-state index in [4.69, 9.17) is 11.6 Å². The molecule has 0 saturated carbocycles. The summed E-state index contributed by atoms with van der Waals surface area (Å²) in [6.45, 7) is 1.68. The minimum absolute atomic E-state index is 0.0132. The molecule has 7 nitrogen and oxygen atoms in total. The van der Waals surface area contributed by atoms with Crippen LogP contribution in [0.4, 0.5) is 13.2 Å². The van der Waals surface area contributed by atoms with Crippen LogP contribution in [-0.2, 0) is 9.84 Å². The summed E-state index contributed by atoms with van der Waals surface area (Å²) in [6, 6.07) is 14.4. The van der Waals surface area contributed by atoms with E-state index in [0.717, 1.165) is 6.26 Å². The molecule has 0 aliphatic rings. The van der Waals surface area contributed by atoms with Crippen molar-refractivity contribution in [1.82, 2.24) is 14.6 Å². The van der Waals surface area contributed by atoms with Crippen molar-refractivity contribution in [3.8, 4) is 0 Å². The predicted octanol–water partition coefficient (Wildman–Crippen LogP) is 4.98. The Morgan fingerprint density at radius 3 is 2.38 bits per heavy atom. The Balaban J connectivity index is 2.16. The van der Waals surface area contributed by atoms with Crippen LogP contribution in [0.1, 0.15) is 36.9 Å². The zero-order chi connectivity index (χ0) is 27.1. The first-order chi connectivity index (χ1) is 17.3. The van der Waals surface area contributed by atoms with Gasteiger partial charge in [0.15, 0.2) is 9.84 Å². The number of para-hydroxylation sites is 1. The summed E-state index contributed by atoms with van der Waals surface area (Å²) in [5.41, 5.74) is 9.38. The third kappa shape index (κ3) is 5.28. The van der Waals surface area contributed by atoms with Crippen molar-refractivity contribution >= 4 is 37.5 Å². The van der Waals surface area contributed by atoms with Crippen molar-refractivity contribution in [2.24, 2.45) is 11.6 Å². The normalized spacial score (nSPS) is 14.1. The minimum Gasteiger partial charge on any atom is -0.401 e. The fourth-order valence-corrected chi connectivity index (χ4v) is 5.69. The summed E-state index contributed by atoms with van der Waals surface area (Å²) >= 11 is 0. The van der Waals surface area contributed by atoms with Gasteiger partial charge in [-0.15, -0.1) is 0 Å². The van der Waals surface area contributed by atoms with Crippen molar-refractivity contribution in [3.05, 3.63) is 77.6 Å². The highest BCUT2D eigenvalue weighted by molar-refractivity contribution is 7.91. The lowest BCUT2D eigenvalue weighted by Crippen LogP contribution is -2.26. The van der Waals surface area contributed by atoms with Gasteiger partial charge in [0.1, 0.15) is 0 Å². The highest BCUT2D eigenvalue weighted by Gasteiger charge is 2.32. The monoisotopic (exact) mass is 531 g/mol. The SMILES string of the molecule is C/C(N)=C(\c1cnc2c3cccc(S(C)(=O)=O)c3n(C(CCC(F)(F)F)c3ccccc3)c2c1)N(C)N. The number of alkyl halides is 3. The van der Waals surface area contributed by atoms with Crippen LogP contribution in [0.2, 0.25) is 0 Å². The summed E-state index contributed by atoms with van der Waals surface area (Å²) in [6.07, 6.45) is -3.10. The number of aromatic nitrogens is 2. The van der Waals surface area contributed by atoms with Gasteiger partial charge in [0, 0.05) is 42.6 Å². The molecule has 4 rings (SSSR count). The summed E-state index contributed by atoms with van der Waals surface area (Å²) in [4.78, 5) is 4.63. The van der Waals surface area contributed by atoms with Crippen molar-refractivity contribution < 1.29 is 21.6 Å². The number of allylic oxidation sites excluding steroid dienone is 1. The van der Waals surface area contributed by atoms with Gasteiger partial charge in [0.05, 0.1) is 33.2 Å². The zero-order valence-electron chi connectivity index (χ0n) is 20.6. The highest BCUT2D eigenvalue weighted by atomic mass is 32.2. The van der Waals surface area contributed by atoms with Crippen LogP contribution in [0.25, 0.3) is 27.6 Å². The molecule has 2 heterocycles. The Labute approximate surface area is 213 Å². The van der Waals surface area contributed by atoms with Crippen LogP contribution < -0.4 is 11.6 Å². The Kier molecular flexibility index (Phi) is 6.95. The van der Waals surface area contributed by atoms with Gasteiger partial charge in [-0.1, -0.05) is 42.5 Å². The molecule has 0 fully saturated rings. The topological polar surface area (TPSA) is 107 Å². The molecule has 4 aromatic rings. The average molecular weight is 532 g/mol. The minimum atomic E-state index is -4.40. The number of halogens is 3. The van der Waals surface area contributed by atoms with E-state index in [1.807, 2.05) is 0 Å². The van der Waals surface area contributed by atoms with Crippen molar-refractivity contribution in [3.63, 3.8) is 0 Å². The number of pyridine rings is 1. The highest BCUT2D eigenvalue weighted by Crippen LogP contribution is 2.40. The van der Waals surface area contributed by atoms with Crippen molar-refractivity contribution in [2.45, 2.75) is 36.9 Å². The number of hydrazine groups is 1. The van der Waals surface area contributed by atoms with Crippen LogP contribution >= 0.6 is 0 Å². The molecular formula is C26H28F3N5O2S. The van der Waals surface area contributed by atoms with Crippen LogP contribution in [0.15, 0.2) is 71.4 Å². The second kappa shape index (κ2) is 9.71. The van der Waals surface area contributed by atoms with Gasteiger partial charge in [-0.2, -0.15) is 13.2 Å². The van der Waals surface area contributed by atoms with E-state index < -0.39 is 28.5 Å². The van der Waals surface area contributed by atoms with Crippen LogP contribution in [0.3, 0.4) is 0 Å². The van der Waals surface area contributed by atoms with Crippen LogP contribution in [0, 0.1) is 0 Å². The molecule has 37 heavy (non-hydrogen) atoms. The summed E-state index contributed by atoms with van der Waals surface area (Å²) in [5, 5.41) is 1.86. The zero-order valence-corrected chi connectivity index (χ0v) is 21.4. The number of rotatable bonds is 7. The number of fused-ring (bicyclic) bond motifs is 3. The molecule has 0 radical (unpaired) electrons. The predicted molar refractivity (Wildman–Crippen MR) is 139 cm³/mol. The summed E-state index contributed by atoms with van der Waals surface area (Å²) in [7, 11) is -2.13. The fourth-order valence-electron chi connectivity index (χ4n) is 4.81. The molecule has 0 aliphatic carbocycles. The lowest BCUT2D eigenvalue weighted by molar-refractivity contribution is -0.136. The van der Waals surface area contributed by atoms with Crippen LogP contribution in [-0.4, -0.2) is 42.5 Å². The second-order valence-corrected chi connectivity index (χ2v) is 11.1. The molecule has 11 heteroatoms. The first-order valence-electron chi connectivity index (χ1n) is 11.5. The Hall–Kier alpha value is -3.57. The molecule has 0 amide bonds. The summed E-state index contributed by atoms with van der Waals surface area (Å²) < 4.78 is 67.7. The van der Waals surface area contributed by atoms with E-state index in [2.05, 4.69) is 4.98 Å². The second-order valence-electron chi connectivity index (χ2n) is 9.11. The molecule has 0 spiro atoms. The average Bonchev–Trinajstić information content (AvgIpc) is 3.12. The molecule has 2 aromatic heterocycles. The fraction of sp³-hybridized carbons (Fsp3) is 0.269. The van der Waals surface area contributed by atoms with Gasteiger partial charge in [-0.25, -0.2) is 14.3 Å². The number of sulfone groups is 1. The number of benzene rings is 2. The van der Waals surface area contributed by atoms with E-state index in [1.165, 1.54) is 11.1 Å². The Bertz CT molecular complexity index is 1590. The largest absolute Gasteiger partial charge is 0.401 e. The lowest BCUT2D eigenvalue weighted by atomic mass is 10.0. The van der Waals surface area contributed by atoms with Gasteiger partial charge >= 0.3 is 6.18 Å². The molecular weight excluding hydrogens is 503 g/mol. The van der Waals surface area contributed by atoms with Gasteiger partial charge in [-0.3, -0.25) is 4.98 Å². The number of nitrogens with zero attached hydrogens (tertiary/aromatic N) is 3. The number of nitrogens with two attached hydrogens (primary N) is 2. The third-order valence-electron chi connectivity index (χ3n) is 6.22. The van der Waals surface area contributed by atoms with E-state index in [0.29, 0.717) is 44.5 Å². The van der Waals surface area contributed by atoms with Crippen molar-refractivity contribution in [1.29, 1.82) is 0 Å². The van der Waals surface area contributed by atoms with E-state index >= 15 is 0 Å². The number of hydrogen-bond donors (Lipinski definition) is 2. The van der Waals surface area contributed by atoms with Gasteiger partial charge in [-0.05, 0) is 31.0 Å². The van der Waals surface area contributed by atoms with E-state index in [-0.39, 0.29) is 11.3 Å². The summed E-state index contributed by atoms with van der Waals surface area (Å²) in [5.74, 6) is 6.01. The first-order valence-corrected chi connectivity index (χ1v) is 13.4. The molecule has 1 unspecified atom stereocenters. The smallest absolute Gasteiger partial charge is 0.389 e. The van der Waals surface area contributed by atoms with Gasteiger partial charge in [0.25, 0.3) is 0 Å². The molecule has 196 valence electrons. The molecule has 4 N–H and O–H groups in total. The van der Waals surface area contributed by atoms with Crippen LogP contribution in [0.5, 0.6) is 0 Å². The lowest BCUT2D eigenvalue weighted by Gasteiger charge is -2.24. The Morgan fingerprint density at radius 2 is 1.81 bits per heavy atom.